The van der Waals surface area contributed by atoms with E-state index >= 15 is 0 Å². The average molecular weight is 432 g/mol. The molecule has 156 valence electrons. The lowest BCUT2D eigenvalue weighted by atomic mass is 9.93. The number of benzene rings is 2. The highest BCUT2D eigenvalue weighted by Gasteiger charge is 2.34. The molecule has 0 radical (unpaired) electrons. The van der Waals surface area contributed by atoms with Gasteiger partial charge in [-0.25, -0.2) is 13.4 Å². The summed E-state index contributed by atoms with van der Waals surface area (Å²) in [5.74, 6) is -0.0935. The molecule has 4 nitrogen and oxygen atoms in total. The van der Waals surface area contributed by atoms with Crippen LogP contribution in [0.25, 0.3) is 33.1 Å². The van der Waals surface area contributed by atoms with Crippen LogP contribution in [0.1, 0.15) is 23.6 Å². The van der Waals surface area contributed by atoms with Crippen LogP contribution in [0.3, 0.4) is 0 Å². The Morgan fingerprint density at radius 1 is 1.10 bits per heavy atom. The van der Waals surface area contributed by atoms with Crippen LogP contribution in [0.2, 0.25) is 0 Å². The Labute approximate surface area is 171 Å². The molecule has 0 spiro atoms. The third-order valence-electron chi connectivity index (χ3n) is 5.31. The van der Waals surface area contributed by atoms with Crippen LogP contribution in [0.5, 0.6) is 0 Å². The quantitative estimate of drug-likeness (QED) is 0.444. The molecule has 2 heterocycles. The van der Waals surface area contributed by atoms with E-state index in [-0.39, 0.29) is 16.2 Å². The predicted octanol–water partition coefficient (Wildman–Crippen LogP) is 5.81. The van der Waals surface area contributed by atoms with Gasteiger partial charge in [-0.3, -0.25) is 0 Å². The number of nitrogens with zero attached hydrogens (tertiary/aromatic N) is 1. The van der Waals surface area contributed by atoms with E-state index in [0.29, 0.717) is 33.1 Å². The number of H-pyrrole nitrogens is 1. The zero-order valence-corrected chi connectivity index (χ0v) is 17.4. The number of aromatic nitrogens is 2. The second kappa shape index (κ2) is 6.84. The molecule has 4 rings (SSSR count). The van der Waals surface area contributed by atoms with Crippen LogP contribution in [-0.4, -0.2) is 24.1 Å². The molecular weight excluding hydrogens is 413 g/mol. The number of halogens is 3. The van der Waals surface area contributed by atoms with E-state index in [2.05, 4.69) is 9.97 Å². The SMILES string of the molecule is CCS(=O)(=O)c1cccc(-c2cc(C(F)(F)F)c(C)c3[nH]c4ncc(C)cc4c23)c1. The number of fused-ring (bicyclic) bond motifs is 3. The first kappa shape index (κ1) is 20.4. The molecule has 0 amide bonds. The van der Waals surface area contributed by atoms with E-state index in [4.69, 9.17) is 0 Å². The Bertz CT molecular complexity index is 1400. The Balaban J connectivity index is 2.16. The van der Waals surface area contributed by atoms with Crippen LogP contribution in [0, 0.1) is 13.8 Å². The van der Waals surface area contributed by atoms with Gasteiger partial charge in [-0.05, 0) is 60.4 Å². The minimum Gasteiger partial charge on any atom is -0.339 e. The highest BCUT2D eigenvalue weighted by Crippen LogP contribution is 2.42. The normalized spacial score (nSPS) is 12.7. The van der Waals surface area contributed by atoms with Crippen LogP contribution >= 0.6 is 0 Å². The molecule has 1 N–H and O–H groups in total. The van der Waals surface area contributed by atoms with Gasteiger partial charge in [0.05, 0.1) is 21.7 Å². The Morgan fingerprint density at radius 3 is 2.50 bits per heavy atom. The zero-order chi connectivity index (χ0) is 21.8. The first-order valence-electron chi connectivity index (χ1n) is 9.35. The van der Waals surface area contributed by atoms with Crippen molar-refractivity contribution < 1.29 is 21.6 Å². The van der Waals surface area contributed by atoms with Gasteiger partial charge in [0.2, 0.25) is 0 Å². The standard InChI is InChI=1S/C22H19F3N2O2S/c1-4-30(28,29)15-7-5-6-14(9-15)16-10-18(22(23,24)25)13(3)20-19(16)17-8-12(2)11-26-21(17)27-20/h5-11H,4H2,1-3H3,(H,26,27). The molecule has 0 fully saturated rings. The monoisotopic (exact) mass is 432 g/mol. The molecule has 2 aromatic heterocycles. The van der Waals surface area contributed by atoms with Crippen LogP contribution < -0.4 is 0 Å². The molecule has 0 saturated heterocycles. The number of aromatic amines is 1. The molecule has 2 aromatic carbocycles. The summed E-state index contributed by atoms with van der Waals surface area (Å²) in [6.07, 6.45) is -2.91. The van der Waals surface area contributed by atoms with Crippen molar-refractivity contribution in [2.45, 2.75) is 31.8 Å². The maximum atomic E-state index is 13.8. The summed E-state index contributed by atoms with van der Waals surface area (Å²) in [7, 11) is -3.51. The molecule has 0 bridgehead atoms. The Morgan fingerprint density at radius 2 is 1.83 bits per heavy atom. The summed E-state index contributed by atoms with van der Waals surface area (Å²) in [4.78, 5) is 7.43. The van der Waals surface area contributed by atoms with E-state index in [9.17, 15) is 21.6 Å². The molecule has 8 heteroatoms. The van der Waals surface area contributed by atoms with Gasteiger partial charge in [0.1, 0.15) is 5.65 Å². The van der Waals surface area contributed by atoms with Crippen LogP contribution in [-0.2, 0) is 16.0 Å². The van der Waals surface area contributed by atoms with Gasteiger partial charge >= 0.3 is 6.18 Å². The second-order valence-corrected chi connectivity index (χ2v) is 9.59. The highest BCUT2D eigenvalue weighted by atomic mass is 32.2. The number of alkyl halides is 3. The van der Waals surface area contributed by atoms with Crippen molar-refractivity contribution in [3.05, 3.63) is 59.3 Å². The molecule has 0 unspecified atom stereocenters. The summed E-state index contributed by atoms with van der Waals surface area (Å²) in [5.41, 5.74) is 1.73. The number of pyridine rings is 1. The summed E-state index contributed by atoms with van der Waals surface area (Å²) < 4.78 is 66.0. The number of hydrogen-bond donors (Lipinski definition) is 1. The van der Waals surface area contributed by atoms with Crippen LogP contribution in [0.4, 0.5) is 13.2 Å². The van der Waals surface area contributed by atoms with Crippen molar-refractivity contribution in [2.24, 2.45) is 0 Å². The average Bonchev–Trinajstić information content (AvgIpc) is 3.07. The maximum Gasteiger partial charge on any atom is 0.416 e. The molecule has 4 aromatic rings. The van der Waals surface area contributed by atoms with Crippen molar-refractivity contribution in [3.63, 3.8) is 0 Å². The van der Waals surface area contributed by atoms with Crippen molar-refractivity contribution in [3.8, 4) is 11.1 Å². The Hall–Kier alpha value is -2.87. The largest absolute Gasteiger partial charge is 0.416 e. The number of aryl methyl sites for hydroxylation is 2. The summed E-state index contributed by atoms with van der Waals surface area (Å²) in [5, 5.41) is 1.29. The minimum absolute atomic E-state index is 0.0780. The van der Waals surface area contributed by atoms with Gasteiger partial charge in [0.15, 0.2) is 9.84 Å². The first-order chi connectivity index (χ1) is 14.0. The van der Waals surface area contributed by atoms with E-state index < -0.39 is 21.6 Å². The third-order valence-corrected chi connectivity index (χ3v) is 7.05. The molecule has 0 aliphatic heterocycles. The van der Waals surface area contributed by atoms with Crippen LogP contribution in [0.15, 0.2) is 47.5 Å². The number of sulfone groups is 1. The minimum atomic E-state index is -4.55. The number of rotatable bonds is 3. The first-order valence-corrected chi connectivity index (χ1v) is 11.0. The number of nitrogens with one attached hydrogen (secondary N) is 1. The van der Waals surface area contributed by atoms with Gasteiger partial charge < -0.3 is 4.98 Å². The summed E-state index contributed by atoms with van der Waals surface area (Å²) in [6, 6.07) is 9.04. The van der Waals surface area contributed by atoms with Gasteiger partial charge in [-0.1, -0.05) is 19.1 Å². The van der Waals surface area contributed by atoms with Crippen molar-refractivity contribution in [2.75, 3.05) is 5.75 Å². The molecule has 0 aliphatic carbocycles. The van der Waals surface area contributed by atoms with Crippen molar-refractivity contribution in [1.29, 1.82) is 0 Å². The van der Waals surface area contributed by atoms with E-state index in [1.807, 2.05) is 13.0 Å². The summed E-state index contributed by atoms with van der Waals surface area (Å²) >= 11 is 0. The van der Waals surface area contributed by atoms with E-state index in [1.54, 1.807) is 18.3 Å². The third kappa shape index (κ3) is 3.25. The zero-order valence-electron chi connectivity index (χ0n) is 16.6. The molecule has 30 heavy (non-hydrogen) atoms. The number of hydrogen-bond acceptors (Lipinski definition) is 3. The van der Waals surface area contributed by atoms with Gasteiger partial charge in [0, 0.05) is 17.0 Å². The Kier molecular flexibility index (Phi) is 4.65. The van der Waals surface area contributed by atoms with E-state index in [0.717, 1.165) is 11.6 Å². The van der Waals surface area contributed by atoms with Gasteiger partial charge in [-0.2, -0.15) is 13.2 Å². The van der Waals surface area contributed by atoms with E-state index in [1.165, 1.54) is 26.0 Å². The van der Waals surface area contributed by atoms with Gasteiger partial charge in [-0.15, -0.1) is 0 Å². The molecule has 0 atom stereocenters. The second-order valence-electron chi connectivity index (χ2n) is 7.31. The fourth-order valence-electron chi connectivity index (χ4n) is 3.74. The topological polar surface area (TPSA) is 62.8 Å². The van der Waals surface area contributed by atoms with Crippen molar-refractivity contribution >= 4 is 31.8 Å². The maximum absolute atomic E-state index is 13.8. The molecular formula is C22H19F3N2O2S. The summed E-state index contributed by atoms with van der Waals surface area (Å²) in [6.45, 7) is 4.81. The lowest BCUT2D eigenvalue weighted by Gasteiger charge is -2.15. The molecule has 0 saturated carbocycles. The fourth-order valence-corrected chi connectivity index (χ4v) is 4.67. The van der Waals surface area contributed by atoms with Gasteiger partial charge in [0.25, 0.3) is 0 Å². The lowest BCUT2D eigenvalue weighted by Crippen LogP contribution is -2.08. The highest BCUT2D eigenvalue weighted by molar-refractivity contribution is 7.91. The predicted molar refractivity (Wildman–Crippen MR) is 111 cm³/mol. The molecule has 0 aliphatic rings. The smallest absolute Gasteiger partial charge is 0.339 e. The van der Waals surface area contributed by atoms with Crippen molar-refractivity contribution in [1.82, 2.24) is 9.97 Å². The fraction of sp³-hybridized carbons (Fsp3) is 0.227. The lowest BCUT2D eigenvalue weighted by molar-refractivity contribution is -0.137.